The third-order valence-electron chi connectivity index (χ3n) is 1.85. The Morgan fingerprint density at radius 2 is 2.29 bits per heavy atom. The van der Waals surface area contributed by atoms with Crippen LogP contribution in [0.4, 0.5) is 0 Å². The van der Waals surface area contributed by atoms with E-state index in [0.717, 1.165) is 5.57 Å². The van der Waals surface area contributed by atoms with Crippen LogP contribution in [0.3, 0.4) is 0 Å². The molecule has 4 heteroatoms. The summed E-state index contributed by atoms with van der Waals surface area (Å²) in [5.41, 5.74) is 0.570. The molecule has 0 amide bonds. The Bertz CT molecular complexity index is 358. The second kappa shape index (κ2) is 3.75. The fourth-order valence-electron chi connectivity index (χ4n) is 0.978. The number of rotatable bonds is 3. The van der Waals surface area contributed by atoms with Gasteiger partial charge in [0, 0.05) is 6.21 Å². The zero-order chi connectivity index (χ0) is 10.8. The highest BCUT2D eigenvalue weighted by Crippen LogP contribution is 2.17. The minimum atomic E-state index is -0.905. The second-order valence-electron chi connectivity index (χ2n) is 3.77. The average molecular weight is 193 g/mol. The van der Waals surface area contributed by atoms with E-state index in [1.807, 2.05) is 6.92 Å². The molecular weight excluding hydrogens is 178 g/mol. The standard InChI is InChI=1S/C10H15N3O/c1-7(5-11)4-9-12-6-8(13-9)10(2,3)14/h4-6,11,14H,1-3H3,(H,12,13)/b7-4-,11-5?. The molecule has 0 bridgehead atoms. The van der Waals surface area contributed by atoms with Gasteiger partial charge in [0.25, 0.3) is 0 Å². The van der Waals surface area contributed by atoms with Crippen LogP contribution in [0.2, 0.25) is 0 Å². The Labute approximate surface area is 83.2 Å². The molecule has 1 heterocycles. The van der Waals surface area contributed by atoms with Crippen LogP contribution < -0.4 is 0 Å². The number of H-pyrrole nitrogens is 1. The number of aromatic nitrogens is 2. The van der Waals surface area contributed by atoms with E-state index in [4.69, 9.17) is 5.41 Å². The first kappa shape index (κ1) is 10.7. The monoisotopic (exact) mass is 193 g/mol. The predicted octanol–water partition coefficient (Wildman–Crippen LogP) is 1.69. The minimum Gasteiger partial charge on any atom is -0.384 e. The molecule has 0 fully saturated rings. The SMILES string of the molecule is C/C(C=N)=C/c1ncc(C(C)(C)O)[nH]1. The highest BCUT2D eigenvalue weighted by atomic mass is 16.3. The van der Waals surface area contributed by atoms with Crippen LogP contribution in [0, 0.1) is 5.41 Å². The summed E-state index contributed by atoms with van der Waals surface area (Å²) in [6.45, 7) is 5.20. The van der Waals surface area contributed by atoms with Gasteiger partial charge >= 0.3 is 0 Å². The fraction of sp³-hybridized carbons (Fsp3) is 0.400. The number of hydrogen-bond acceptors (Lipinski definition) is 3. The first-order valence-corrected chi connectivity index (χ1v) is 4.40. The van der Waals surface area contributed by atoms with Gasteiger partial charge in [0.15, 0.2) is 0 Å². The van der Waals surface area contributed by atoms with Gasteiger partial charge in [0.1, 0.15) is 11.4 Å². The lowest BCUT2D eigenvalue weighted by Crippen LogP contribution is -2.15. The maximum absolute atomic E-state index is 9.66. The van der Waals surface area contributed by atoms with E-state index in [1.165, 1.54) is 6.21 Å². The Morgan fingerprint density at radius 3 is 2.71 bits per heavy atom. The molecule has 0 aliphatic heterocycles. The van der Waals surface area contributed by atoms with E-state index in [9.17, 15) is 5.11 Å². The molecule has 1 aromatic heterocycles. The van der Waals surface area contributed by atoms with Gasteiger partial charge in [0.2, 0.25) is 0 Å². The summed E-state index contributed by atoms with van der Waals surface area (Å²) < 4.78 is 0. The maximum atomic E-state index is 9.66. The van der Waals surface area contributed by atoms with E-state index in [2.05, 4.69) is 9.97 Å². The summed E-state index contributed by atoms with van der Waals surface area (Å²) >= 11 is 0. The second-order valence-corrected chi connectivity index (χ2v) is 3.77. The van der Waals surface area contributed by atoms with Crippen molar-refractivity contribution in [1.29, 1.82) is 5.41 Å². The lowest BCUT2D eigenvalue weighted by atomic mass is 10.1. The van der Waals surface area contributed by atoms with E-state index < -0.39 is 5.60 Å². The van der Waals surface area contributed by atoms with E-state index >= 15 is 0 Å². The molecule has 0 saturated carbocycles. The summed E-state index contributed by atoms with van der Waals surface area (Å²) in [5.74, 6) is 0.656. The van der Waals surface area contributed by atoms with Crippen LogP contribution in [-0.4, -0.2) is 21.3 Å². The largest absolute Gasteiger partial charge is 0.384 e. The third kappa shape index (κ3) is 2.53. The Hall–Kier alpha value is -1.42. The maximum Gasteiger partial charge on any atom is 0.130 e. The molecule has 0 radical (unpaired) electrons. The smallest absolute Gasteiger partial charge is 0.130 e. The molecule has 0 aliphatic rings. The molecular formula is C10H15N3O. The van der Waals surface area contributed by atoms with Crippen molar-refractivity contribution < 1.29 is 5.11 Å². The molecule has 4 nitrogen and oxygen atoms in total. The zero-order valence-electron chi connectivity index (χ0n) is 8.63. The van der Waals surface area contributed by atoms with Gasteiger partial charge in [-0.05, 0) is 32.4 Å². The number of aliphatic hydroxyl groups is 1. The van der Waals surface area contributed by atoms with Crippen molar-refractivity contribution in [2.24, 2.45) is 0 Å². The minimum absolute atomic E-state index is 0.656. The molecule has 0 aliphatic carbocycles. The van der Waals surface area contributed by atoms with Crippen molar-refractivity contribution >= 4 is 12.3 Å². The van der Waals surface area contributed by atoms with Gasteiger partial charge in [-0.2, -0.15) is 0 Å². The molecule has 1 aromatic rings. The first-order chi connectivity index (χ1) is 6.43. The molecule has 3 N–H and O–H groups in total. The van der Waals surface area contributed by atoms with Gasteiger partial charge in [-0.1, -0.05) is 0 Å². The summed E-state index contributed by atoms with van der Waals surface area (Å²) in [7, 11) is 0. The van der Waals surface area contributed by atoms with Gasteiger partial charge in [-0.3, -0.25) is 0 Å². The van der Waals surface area contributed by atoms with Crippen LogP contribution in [0.25, 0.3) is 6.08 Å². The van der Waals surface area contributed by atoms with Gasteiger partial charge in [-0.15, -0.1) is 0 Å². The van der Waals surface area contributed by atoms with E-state index in [1.54, 1.807) is 26.1 Å². The number of nitrogens with zero attached hydrogens (tertiary/aromatic N) is 1. The van der Waals surface area contributed by atoms with Crippen molar-refractivity contribution in [1.82, 2.24) is 9.97 Å². The van der Waals surface area contributed by atoms with Crippen LogP contribution in [0.15, 0.2) is 11.8 Å². The predicted molar refractivity (Wildman–Crippen MR) is 56.3 cm³/mol. The zero-order valence-corrected chi connectivity index (χ0v) is 8.63. The number of aromatic amines is 1. The molecule has 0 unspecified atom stereocenters. The molecule has 0 saturated heterocycles. The Balaban J connectivity index is 2.95. The fourth-order valence-corrected chi connectivity index (χ4v) is 0.978. The summed E-state index contributed by atoms with van der Waals surface area (Å²) in [4.78, 5) is 7.05. The normalized spacial score (nSPS) is 13.0. The lowest BCUT2D eigenvalue weighted by Gasteiger charge is -2.13. The van der Waals surface area contributed by atoms with Gasteiger partial charge in [-0.25, -0.2) is 4.98 Å². The van der Waals surface area contributed by atoms with Crippen molar-refractivity contribution in [2.75, 3.05) is 0 Å². The quantitative estimate of drug-likeness (QED) is 0.639. The number of nitrogens with one attached hydrogen (secondary N) is 2. The molecule has 1 rings (SSSR count). The van der Waals surface area contributed by atoms with Crippen molar-refractivity contribution in [3.05, 3.63) is 23.3 Å². The molecule has 76 valence electrons. The molecule has 14 heavy (non-hydrogen) atoms. The third-order valence-corrected chi connectivity index (χ3v) is 1.85. The highest BCUT2D eigenvalue weighted by Gasteiger charge is 2.17. The molecule has 0 aromatic carbocycles. The number of allylic oxidation sites excluding steroid dienone is 1. The summed E-state index contributed by atoms with van der Waals surface area (Å²) in [6.07, 6.45) is 4.61. The van der Waals surface area contributed by atoms with E-state index in [-0.39, 0.29) is 0 Å². The Kier molecular flexibility index (Phi) is 2.86. The molecule has 0 atom stereocenters. The summed E-state index contributed by atoms with van der Waals surface area (Å²) in [6, 6.07) is 0. The Morgan fingerprint density at radius 1 is 1.64 bits per heavy atom. The van der Waals surface area contributed by atoms with Crippen molar-refractivity contribution in [2.45, 2.75) is 26.4 Å². The van der Waals surface area contributed by atoms with Crippen LogP contribution in [0.5, 0.6) is 0 Å². The summed E-state index contributed by atoms with van der Waals surface area (Å²) in [5, 5.41) is 16.7. The first-order valence-electron chi connectivity index (χ1n) is 4.40. The number of hydrogen-bond donors (Lipinski definition) is 3. The van der Waals surface area contributed by atoms with Gasteiger partial charge < -0.3 is 15.5 Å². The number of imidazole rings is 1. The van der Waals surface area contributed by atoms with Crippen molar-refractivity contribution in [3.8, 4) is 0 Å². The highest BCUT2D eigenvalue weighted by molar-refractivity contribution is 5.81. The van der Waals surface area contributed by atoms with Crippen molar-refractivity contribution in [3.63, 3.8) is 0 Å². The molecule has 0 spiro atoms. The topological polar surface area (TPSA) is 72.8 Å². The van der Waals surface area contributed by atoms with Crippen LogP contribution in [0.1, 0.15) is 32.3 Å². The lowest BCUT2D eigenvalue weighted by molar-refractivity contribution is 0.0743. The van der Waals surface area contributed by atoms with E-state index in [0.29, 0.717) is 11.5 Å². The van der Waals surface area contributed by atoms with Crippen LogP contribution >= 0.6 is 0 Å². The van der Waals surface area contributed by atoms with Gasteiger partial charge in [0.05, 0.1) is 11.9 Å². The average Bonchev–Trinajstić information content (AvgIpc) is 2.51. The van der Waals surface area contributed by atoms with Crippen LogP contribution in [-0.2, 0) is 5.60 Å².